The first-order valence-corrected chi connectivity index (χ1v) is 7.67. The van der Waals surface area contributed by atoms with E-state index in [2.05, 4.69) is 15.3 Å². The summed E-state index contributed by atoms with van der Waals surface area (Å²) in [6.45, 7) is 0.349. The molecule has 6 heteroatoms. The monoisotopic (exact) mass is 322 g/mol. The molecule has 3 aromatic rings. The van der Waals surface area contributed by atoms with Crippen LogP contribution in [-0.4, -0.2) is 21.9 Å². The summed E-state index contributed by atoms with van der Waals surface area (Å²) in [6.07, 6.45) is 3.67. The summed E-state index contributed by atoms with van der Waals surface area (Å²) >= 11 is 0. The minimum atomic E-state index is -0.653. The molecule has 1 amide bonds. The highest BCUT2D eigenvalue weighted by Crippen LogP contribution is 2.10. The maximum absolute atomic E-state index is 12.1. The molecule has 4 N–H and O–H groups in total. The topological polar surface area (TPSA) is 101 Å². The van der Waals surface area contributed by atoms with Gasteiger partial charge in [0.1, 0.15) is 0 Å². The first-order chi connectivity index (χ1) is 11.6. The van der Waals surface area contributed by atoms with E-state index < -0.39 is 6.04 Å². The van der Waals surface area contributed by atoms with Gasteiger partial charge >= 0.3 is 0 Å². The van der Waals surface area contributed by atoms with Gasteiger partial charge in [-0.15, -0.1) is 0 Å². The molecule has 0 aliphatic carbocycles. The third-order valence-corrected chi connectivity index (χ3v) is 3.78. The molecule has 1 atom stereocenters. The van der Waals surface area contributed by atoms with Crippen molar-refractivity contribution in [3.63, 3.8) is 0 Å². The van der Waals surface area contributed by atoms with Gasteiger partial charge in [0.2, 0.25) is 5.91 Å². The zero-order valence-electron chi connectivity index (χ0n) is 13.0. The molecule has 0 bridgehead atoms. The van der Waals surface area contributed by atoms with Crippen LogP contribution in [0.2, 0.25) is 0 Å². The average Bonchev–Trinajstić information content (AvgIpc) is 2.60. The van der Waals surface area contributed by atoms with Crippen LogP contribution in [0.5, 0.6) is 0 Å². The molecule has 122 valence electrons. The number of hydrogen-bond acceptors (Lipinski definition) is 4. The van der Waals surface area contributed by atoms with Crippen LogP contribution in [-0.2, 0) is 17.8 Å². The van der Waals surface area contributed by atoms with Crippen LogP contribution in [0.15, 0.2) is 59.7 Å². The van der Waals surface area contributed by atoms with Gasteiger partial charge < -0.3 is 16.0 Å². The van der Waals surface area contributed by atoms with E-state index in [1.807, 2.05) is 30.3 Å². The van der Waals surface area contributed by atoms with E-state index >= 15 is 0 Å². The molecule has 3 rings (SSSR count). The van der Waals surface area contributed by atoms with Crippen molar-refractivity contribution in [2.24, 2.45) is 5.73 Å². The van der Waals surface area contributed by atoms with E-state index in [1.165, 1.54) is 6.07 Å². The molecule has 24 heavy (non-hydrogen) atoms. The van der Waals surface area contributed by atoms with Gasteiger partial charge in [-0.3, -0.25) is 14.6 Å². The van der Waals surface area contributed by atoms with Crippen molar-refractivity contribution < 1.29 is 4.79 Å². The lowest BCUT2D eigenvalue weighted by Gasteiger charge is -2.12. The molecule has 0 aliphatic heterocycles. The average molecular weight is 322 g/mol. The molecular formula is C18H18N4O2. The van der Waals surface area contributed by atoms with E-state index in [9.17, 15) is 9.59 Å². The van der Waals surface area contributed by atoms with Crippen LogP contribution < -0.4 is 16.5 Å². The lowest BCUT2D eigenvalue weighted by molar-refractivity contribution is -0.122. The van der Waals surface area contributed by atoms with Crippen LogP contribution in [0.25, 0.3) is 10.9 Å². The third-order valence-electron chi connectivity index (χ3n) is 3.78. The summed E-state index contributed by atoms with van der Waals surface area (Å²) < 4.78 is 0. The smallest absolute Gasteiger partial charge is 0.237 e. The lowest BCUT2D eigenvalue weighted by atomic mass is 10.1. The standard InChI is InChI=1S/C18H18N4O2/c19-15(10-13-3-1-2-7-20-13)18(24)22-11-12-4-5-14-16(9-12)21-8-6-17(14)23/h1-9,15H,10-11,19H2,(H,21,23)(H,22,24)/t15-/m1/s1. The van der Waals surface area contributed by atoms with Crippen molar-refractivity contribution in [1.82, 2.24) is 15.3 Å². The number of pyridine rings is 2. The van der Waals surface area contributed by atoms with E-state index in [4.69, 9.17) is 5.73 Å². The number of nitrogens with one attached hydrogen (secondary N) is 2. The summed E-state index contributed by atoms with van der Waals surface area (Å²) in [6, 6.07) is 11.8. The second-order valence-electron chi connectivity index (χ2n) is 5.57. The van der Waals surface area contributed by atoms with Crippen LogP contribution in [0.3, 0.4) is 0 Å². The summed E-state index contributed by atoms with van der Waals surface area (Å²) in [7, 11) is 0. The van der Waals surface area contributed by atoms with Gasteiger partial charge in [0, 0.05) is 48.0 Å². The van der Waals surface area contributed by atoms with Crippen molar-refractivity contribution in [2.45, 2.75) is 19.0 Å². The molecule has 2 aromatic heterocycles. The van der Waals surface area contributed by atoms with Crippen molar-refractivity contribution in [1.29, 1.82) is 0 Å². The molecule has 0 saturated heterocycles. The SMILES string of the molecule is N[C@H](Cc1ccccn1)C(=O)NCc1ccc2c(=O)cc[nH]c2c1. The zero-order chi connectivity index (χ0) is 16.9. The fourth-order valence-corrected chi connectivity index (χ4v) is 2.49. The predicted molar refractivity (Wildman–Crippen MR) is 92.3 cm³/mol. The Morgan fingerprint density at radius 1 is 1.25 bits per heavy atom. The highest BCUT2D eigenvalue weighted by atomic mass is 16.2. The Morgan fingerprint density at radius 2 is 2.12 bits per heavy atom. The van der Waals surface area contributed by atoms with Crippen molar-refractivity contribution in [3.05, 3.63) is 76.3 Å². The molecule has 0 fully saturated rings. The van der Waals surface area contributed by atoms with Crippen molar-refractivity contribution >= 4 is 16.8 Å². The largest absolute Gasteiger partial charge is 0.361 e. The van der Waals surface area contributed by atoms with Gasteiger partial charge in [-0.25, -0.2) is 0 Å². The number of fused-ring (bicyclic) bond motifs is 1. The predicted octanol–water partition coefficient (Wildman–Crippen LogP) is 1.11. The number of amides is 1. The summed E-state index contributed by atoms with van der Waals surface area (Å²) in [5, 5.41) is 3.44. The first kappa shape index (κ1) is 15.9. The summed E-state index contributed by atoms with van der Waals surface area (Å²) in [5.74, 6) is -0.234. The summed E-state index contributed by atoms with van der Waals surface area (Å²) in [4.78, 5) is 31.0. The van der Waals surface area contributed by atoms with E-state index in [0.717, 1.165) is 16.8 Å². The van der Waals surface area contributed by atoms with Crippen LogP contribution >= 0.6 is 0 Å². The number of hydrogen-bond donors (Lipinski definition) is 3. The molecule has 0 unspecified atom stereocenters. The number of carbonyl (C=O) groups excluding carboxylic acids is 1. The van der Waals surface area contributed by atoms with Gasteiger partial charge in [-0.2, -0.15) is 0 Å². The minimum Gasteiger partial charge on any atom is -0.361 e. The maximum Gasteiger partial charge on any atom is 0.237 e. The molecule has 6 nitrogen and oxygen atoms in total. The number of H-pyrrole nitrogens is 1. The van der Waals surface area contributed by atoms with Gasteiger partial charge in [-0.1, -0.05) is 12.1 Å². The van der Waals surface area contributed by atoms with E-state index in [-0.39, 0.29) is 11.3 Å². The minimum absolute atomic E-state index is 0.0308. The summed E-state index contributed by atoms with van der Waals surface area (Å²) in [5.41, 5.74) is 8.31. The number of carbonyl (C=O) groups is 1. The van der Waals surface area contributed by atoms with E-state index in [1.54, 1.807) is 18.5 Å². The Bertz CT molecular complexity index is 906. The lowest BCUT2D eigenvalue weighted by Crippen LogP contribution is -2.41. The second kappa shape index (κ2) is 7.06. The molecule has 2 heterocycles. The number of rotatable bonds is 5. The fraction of sp³-hybridized carbons (Fsp3) is 0.167. The molecule has 0 aliphatic rings. The number of nitrogens with zero attached hydrogens (tertiary/aromatic N) is 1. The number of nitrogens with two attached hydrogens (primary N) is 1. The highest BCUT2D eigenvalue weighted by Gasteiger charge is 2.14. The normalized spacial score (nSPS) is 12.0. The second-order valence-corrected chi connectivity index (χ2v) is 5.57. The Kier molecular flexibility index (Phi) is 4.67. The maximum atomic E-state index is 12.1. The van der Waals surface area contributed by atoms with Crippen LogP contribution in [0, 0.1) is 0 Å². The number of aromatic amines is 1. The van der Waals surface area contributed by atoms with Crippen LogP contribution in [0.1, 0.15) is 11.3 Å². The molecule has 0 radical (unpaired) electrons. The number of aromatic nitrogens is 2. The molecule has 0 saturated carbocycles. The van der Waals surface area contributed by atoms with Gasteiger partial charge in [0.25, 0.3) is 0 Å². The highest BCUT2D eigenvalue weighted by molar-refractivity contribution is 5.82. The van der Waals surface area contributed by atoms with Crippen LogP contribution in [0.4, 0.5) is 0 Å². The Balaban J connectivity index is 1.62. The van der Waals surface area contributed by atoms with Gasteiger partial charge in [0.05, 0.1) is 6.04 Å². The quantitative estimate of drug-likeness (QED) is 0.655. The molecule has 1 aromatic carbocycles. The Labute approximate surface area is 138 Å². The third kappa shape index (κ3) is 3.67. The fourth-order valence-electron chi connectivity index (χ4n) is 2.49. The van der Waals surface area contributed by atoms with E-state index in [0.29, 0.717) is 18.4 Å². The molecule has 0 spiro atoms. The molecular weight excluding hydrogens is 304 g/mol. The Hall–Kier alpha value is -2.99. The van der Waals surface area contributed by atoms with Crippen molar-refractivity contribution in [3.8, 4) is 0 Å². The zero-order valence-corrected chi connectivity index (χ0v) is 13.0. The first-order valence-electron chi connectivity index (χ1n) is 7.67. The van der Waals surface area contributed by atoms with Gasteiger partial charge in [0.15, 0.2) is 5.43 Å². The number of benzene rings is 1. The van der Waals surface area contributed by atoms with Crippen molar-refractivity contribution in [2.75, 3.05) is 0 Å². The van der Waals surface area contributed by atoms with Gasteiger partial charge in [-0.05, 0) is 29.8 Å². The Morgan fingerprint density at radius 3 is 2.92 bits per heavy atom.